The number of hydrogen-bond acceptors (Lipinski definition) is 6. The molecule has 0 saturated heterocycles. The second-order valence-electron chi connectivity index (χ2n) is 2.78. The molecule has 100 valence electrons. The molecule has 0 saturated carbocycles. The Kier molecular flexibility index (Phi) is 5.97. The number of carbonyl (C=O) groups is 1. The lowest BCUT2D eigenvalue weighted by atomic mass is 10.2. The molecule has 0 aromatic carbocycles. The average molecular weight is 257 g/mol. The number of hydrogen-bond donors (Lipinski definition) is 4. The van der Waals surface area contributed by atoms with Crippen LogP contribution in [0.4, 0.5) is 0 Å². The van der Waals surface area contributed by atoms with E-state index in [1.807, 2.05) is 13.8 Å². The zero-order chi connectivity index (χ0) is 14.3. The Balaban J connectivity index is 0.00000137. The number of oxime groups is 1. The van der Waals surface area contributed by atoms with Gasteiger partial charge < -0.3 is 20.8 Å². The van der Waals surface area contributed by atoms with E-state index in [-0.39, 0.29) is 5.69 Å². The highest BCUT2D eigenvalue weighted by atomic mass is 16.5. The fourth-order valence-electron chi connectivity index (χ4n) is 1.02. The molecule has 0 aliphatic heterocycles. The van der Waals surface area contributed by atoms with Crippen LogP contribution in [0.5, 0.6) is 5.75 Å². The number of amides is 1. The van der Waals surface area contributed by atoms with Crippen molar-refractivity contribution in [2.45, 2.75) is 13.8 Å². The Labute approximate surface area is 103 Å². The summed E-state index contributed by atoms with van der Waals surface area (Å²) in [6.45, 7) is 4.00. The molecule has 1 aromatic rings. The summed E-state index contributed by atoms with van der Waals surface area (Å²) in [5, 5.41) is 31.7. The smallest absolute Gasteiger partial charge is 0.275 e. The lowest BCUT2D eigenvalue weighted by Crippen LogP contribution is -2.31. The van der Waals surface area contributed by atoms with Crippen molar-refractivity contribution in [3.63, 3.8) is 0 Å². The minimum atomic E-state index is -0.814. The van der Waals surface area contributed by atoms with Crippen molar-refractivity contribution in [2.75, 3.05) is 7.05 Å². The van der Waals surface area contributed by atoms with Gasteiger partial charge in [-0.1, -0.05) is 19.0 Å². The van der Waals surface area contributed by atoms with E-state index in [0.717, 1.165) is 6.07 Å². The van der Waals surface area contributed by atoms with Crippen molar-refractivity contribution in [2.24, 2.45) is 5.16 Å². The first-order valence-corrected chi connectivity index (χ1v) is 5.10. The molecule has 0 aliphatic carbocycles. The first-order chi connectivity index (χ1) is 8.51. The summed E-state index contributed by atoms with van der Waals surface area (Å²) in [6.07, 6.45) is 0.686. The van der Waals surface area contributed by atoms with E-state index in [1.54, 1.807) is 0 Å². The number of carbonyl (C=O) groups excluding carboxylic acids is 1. The molecule has 0 fully saturated rings. The predicted molar refractivity (Wildman–Crippen MR) is 63.3 cm³/mol. The fraction of sp³-hybridized carbons (Fsp3) is 0.300. The Hall–Kier alpha value is -2.51. The van der Waals surface area contributed by atoms with Crippen LogP contribution in [0.2, 0.25) is 0 Å². The van der Waals surface area contributed by atoms with Gasteiger partial charge in [0.1, 0.15) is 5.69 Å². The molecule has 0 unspecified atom stereocenters. The highest BCUT2D eigenvalue weighted by Crippen LogP contribution is 2.04. The lowest BCUT2D eigenvalue weighted by molar-refractivity contribution is -0.114. The van der Waals surface area contributed by atoms with Gasteiger partial charge in [0, 0.05) is 13.1 Å². The SMILES string of the molecule is CC.CNC(=O)/C(=N\O)c1cc(=O)c(O)cn1O. The highest BCUT2D eigenvalue weighted by Gasteiger charge is 2.18. The molecule has 0 spiro atoms. The number of nitrogens with zero attached hydrogens (tertiary/aromatic N) is 2. The molecule has 0 aliphatic rings. The minimum absolute atomic E-state index is 0.307. The molecule has 1 heterocycles. The largest absolute Gasteiger partial charge is 0.503 e. The van der Waals surface area contributed by atoms with Gasteiger partial charge in [0.15, 0.2) is 11.5 Å². The standard InChI is InChI=1S/C8H9N3O5.C2H6/c1-9-8(14)7(10-15)4-2-5(12)6(13)3-11(4)16;1-2/h2-3,13,15-16H,1H3,(H,9,14);1-2H3/b10-7-;. The van der Waals surface area contributed by atoms with Crippen molar-refractivity contribution in [3.8, 4) is 5.75 Å². The Morgan fingerprint density at radius 2 is 2.00 bits per heavy atom. The number of likely N-dealkylation sites (N-methyl/N-ethyl adjacent to an activating group) is 1. The number of aromatic nitrogens is 1. The summed E-state index contributed by atoms with van der Waals surface area (Å²) in [7, 11) is 1.29. The molecule has 1 amide bonds. The Morgan fingerprint density at radius 1 is 1.44 bits per heavy atom. The first-order valence-electron chi connectivity index (χ1n) is 5.10. The highest BCUT2D eigenvalue weighted by molar-refractivity contribution is 6.44. The normalized spacial score (nSPS) is 10.3. The molecular weight excluding hydrogens is 242 g/mol. The Bertz CT molecular complexity index is 507. The zero-order valence-electron chi connectivity index (χ0n) is 10.2. The molecule has 18 heavy (non-hydrogen) atoms. The van der Waals surface area contributed by atoms with Crippen molar-refractivity contribution in [1.29, 1.82) is 0 Å². The van der Waals surface area contributed by atoms with Crippen molar-refractivity contribution >= 4 is 11.6 Å². The average Bonchev–Trinajstić information content (AvgIpc) is 2.38. The lowest BCUT2D eigenvalue weighted by Gasteiger charge is -2.07. The summed E-state index contributed by atoms with van der Waals surface area (Å²) in [5.74, 6) is -1.49. The van der Waals surface area contributed by atoms with Gasteiger partial charge in [0.25, 0.3) is 5.91 Å². The van der Waals surface area contributed by atoms with Crippen molar-refractivity contribution in [1.82, 2.24) is 10.0 Å². The quantitative estimate of drug-likeness (QED) is 0.251. The summed E-state index contributed by atoms with van der Waals surface area (Å²) in [4.78, 5) is 22.3. The van der Waals surface area contributed by atoms with Crippen LogP contribution in [0.15, 0.2) is 22.2 Å². The molecule has 8 nitrogen and oxygen atoms in total. The second kappa shape index (κ2) is 6.94. The van der Waals surface area contributed by atoms with Gasteiger partial charge in [0.05, 0.1) is 6.20 Å². The molecule has 1 aromatic heterocycles. The second-order valence-corrected chi connectivity index (χ2v) is 2.78. The van der Waals surface area contributed by atoms with Crippen molar-refractivity contribution < 1.29 is 20.3 Å². The predicted octanol–water partition coefficient (Wildman–Crippen LogP) is -0.258. The number of nitrogens with one attached hydrogen (secondary N) is 1. The molecule has 0 bridgehead atoms. The van der Waals surface area contributed by atoms with Crippen LogP contribution in [0.25, 0.3) is 0 Å². The third kappa shape index (κ3) is 3.24. The van der Waals surface area contributed by atoms with Gasteiger partial charge in [-0.05, 0) is 0 Å². The zero-order valence-corrected chi connectivity index (χ0v) is 10.2. The monoisotopic (exact) mass is 257 g/mol. The van der Waals surface area contributed by atoms with E-state index in [0.29, 0.717) is 10.9 Å². The topological polar surface area (TPSA) is 124 Å². The van der Waals surface area contributed by atoms with Crippen LogP contribution < -0.4 is 10.7 Å². The maximum Gasteiger partial charge on any atom is 0.275 e. The molecule has 4 N–H and O–H groups in total. The van der Waals surface area contributed by atoms with Crippen molar-refractivity contribution in [3.05, 3.63) is 28.2 Å². The summed E-state index contributed by atoms with van der Waals surface area (Å²) < 4.78 is 0.307. The van der Waals surface area contributed by atoms with Crippen LogP contribution in [0.1, 0.15) is 19.5 Å². The number of pyridine rings is 1. The maximum atomic E-state index is 11.2. The van der Waals surface area contributed by atoms with E-state index in [4.69, 9.17) is 10.3 Å². The van der Waals surface area contributed by atoms with Crippen LogP contribution in [0.3, 0.4) is 0 Å². The third-order valence-electron chi connectivity index (χ3n) is 1.80. The minimum Gasteiger partial charge on any atom is -0.503 e. The van der Waals surface area contributed by atoms with Crippen LogP contribution in [0, 0.1) is 0 Å². The van der Waals surface area contributed by atoms with E-state index in [9.17, 15) is 14.8 Å². The summed E-state index contributed by atoms with van der Waals surface area (Å²) in [6, 6.07) is 0.764. The van der Waals surface area contributed by atoms with E-state index >= 15 is 0 Å². The molecule has 1 rings (SSSR count). The van der Waals surface area contributed by atoms with Gasteiger partial charge in [-0.25, -0.2) is 0 Å². The van der Waals surface area contributed by atoms with Gasteiger partial charge in [-0.3, -0.25) is 9.59 Å². The van der Waals surface area contributed by atoms with E-state index in [1.165, 1.54) is 7.05 Å². The third-order valence-corrected chi connectivity index (χ3v) is 1.80. The molecule has 0 radical (unpaired) electrons. The molecule has 8 heteroatoms. The number of rotatable bonds is 2. The van der Waals surface area contributed by atoms with E-state index in [2.05, 4.69) is 10.5 Å². The maximum absolute atomic E-state index is 11.2. The Morgan fingerprint density at radius 3 is 2.44 bits per heavy atom. The summed E-state index contributed by atoms with van der Waals surface area (Å²) >= 11 is 0. The van der Waals surface area contributed by atoms with Gasteiger partial charge in [0.2, 0.25) is 5.43 Å². The van der Waals surface area contributed by atoms with E-state index < -0.39 is 22.8 Å². The molecular formula is C10H15N3O5. The van der Waals surface area contributed by atoms with Crippen LogP contribution in [-0.4, -0.2) is 38.9 Å². The van der Waals surface area contributed by atoms with Gasteiger partial charge in [-0.2, -0.15) is 4.73 Å². The fourth-order valence-corrected chi connectivity index (χ4v) is 1.02. The summed E-state index contributed by atoms with van der Waals surface area (Å²) in [5.41, 5.74) is -1.71. The van der Waals surface area contributed by atoms with Crippen LogP contribution >= 0.6 is 0 Å². The van der Waals surface area contributed by atoms with Crippen LogP contribution in [-0.2, 0) is 4.79 Å². The first kappa shape index (κ1) is 15.5. The number of aromatic hydroxyl groups is 1. The molecule has 0 atom stereocenters. The van der Waals surface area contributed by atoms with Gasteiger partial charge >= 0.3 is 0 Å². The van der Waals surface area contributed by atoms with Gasteiger partial charge in [-0.15, -0.1) is 0 Å².